The van der Waals surface area contributed by atoms with Gasteiger partial charge in [-0.15, -0.1) is 0 Å². The number of hydrogen-bond donors (Lipinski definition) is 3. The van der Waals surface area contributed by atoms with Crippen molar-refractivity contribution in [1.29, 1.82) is 0 Å². The molecule has 0 spiro atoms. The SMILES string of the molecule is O=C1Nc2cc(Cl)c(N3CCCCC3)cc2N[C@H]1CO. The molecule has 0 aliphatic carbocycles. The number of anilines is 3. The number of amides is 1. The Balaban J connectivity index is 1.92. The van der Waals surface area contributed by atoms with Crippen molar-refractivity contribution in [3.63, 3.8) is 0 Å². The zero-order valence-corrected chi connectivity index (χ0v) is 11.9. The first-order valence-electron chi connectivity index (χ1n) is 6.96. The van der Waals surface area contributed by atoms with E-state index >= 15 is 0 Å². The van der Waals surface area contributed by atoms with Gasteiger partial charge in [-0.3, -0.25) is 4.79 Å². The van der Waals surface area contributed by atoms with E-state index in [2.05, 4.69) is 15.5 Å². The molecule has 2 heterocycles. The van der Waals surface area contributed by atoms with Gasteiger partial charge in [0.2, 0.25) is 5.91 Å². The van der Waals surface area contributed by atoms with Crippen molar-refractivity contribution in [3.8, 4) is 0 Å². The van der Waals surface area contributed by atoms with E-state index < -0.39 is 6.04 Å². The molecule has 0 radical (unpaired) electrons. The van der Waals surface area contributed by atoms with Crippen molar-refractivity contribution in [3.05, 3.63) is 17.2 Å². The van der Waals surface area contributed by atoms with Crippen LogP contribution in [0, 0.1) is 0 Å². The van der Waals surface area contributed by atoms with Crippen molar-refractivity contribution in [2.45, 2.75) is 25.3 Å². The lowest BCUT2D eigenvalue weighted by Gasteiger charge is -2.32. The normalized spacial score (nSPS) is 22.0. The van der Waals surface area contributed by atoms with E-state index in [1.807, 2.05) is 6.07 Å². The summed E-state index contributed by atoms with van der Waals surface area (Å²) >= 11 is 6.34. The smallest absolute Gasteiger partial charge is 0.249 e. The van der Waals surface area contributed by atoms with Crippen LogP contribution in [0.2, 0.25) is 5.02 Å². The third-order valence-corrected chi connectivity index (χ3v) is 4.17. The molecule has 3 N–H and O–H groups in total. The van der Waals surface area contributed by atoms with E-state index in [0.29, 0.717) is 10.7 Å². The first kappa shape index (κ1) is 13.5. The topological polar surface area (TPSA) is 64.6 Å². The number of nitrogens with one attached hydrogen (secondary N) is 2. The van der Waals surface area contributed by atoms with Crippen LogP contribution < -0.4 is 15.5 Å². The van der Waals surface area contributed by atoms with Gasteiger partial charge in [-0.05, 0) is 31.4 Å². The minimum absolute atomic E-state index is 0.229. The quantitative estimate of drug-likeness (QED) is 0.781. The predicted octanol–water partition coefficient (Wildman–Crippen LogP) is 2.06. The van der Waals surface area contributed by atoms with Gasteiger partial charge in [-0.25, -0.2) is 0 Å². The molecule has 1 atom stereocenters. The van der Waals surface area contributed by atoms with E-state index in [9.17, 15) is 9.90 Å². The first-order valence-corrected chi connectivity index (χ1v) is 7.33. The van der Waals surface area contributed by atoms with Crippen LogP contribution in [0.15, 0.2) is 12.1 Å². The number of halogens is 1. The molecule has 0 saturated carbocycles. The molecule has 6 heteroatoms. The molecule has 1 fully saturated rings. The number of piperidine rings is 1. The summed E-state index contributed by atoms with van der Waals surface area (Å²) in [5, 5.41) is 15.7. The van der Waals surface area contributed by atoms with Gasteiger partial charge < -0.3 is 20.6 Å². The summed E-state index contributed by atoms with van der Waals surface area (Å²) < 4.78 is 0. The monoisotopic (exact) mass is 295 g/mol. The number of aliphatic hydroxyl groups is 1. The maximum Gasteiger partial charge on any atom is 0.249 e. The number of hydrogen-bond acceptors (Lipinski definition) is 4. The molecule has 1 amide bonds. The lowest BCUT2D eigenvalue weighted by Crippen LogP contribution is -2.41. The fraction of sp³-hybridized carbons (Fsp3) is 0.500. The molecule has 3 rings (SSSR count). The molecule has 0 unspecified atom stereocenters. The number of nitrogens with zero attached hydrogens (tertiary/aromatic N) is 1. The third-order valence-electron chi connectivity index (χ3n) is 3.87. The minimum atomic E-state index is -0.599. The number of fused-ring (bicyclic) bond motifs is 1. The highest BCUT2D eigenvalue weighted by Gasteiger charge is 2.26. The highest BCUT2D eigenvalue weighted by molar-refractivity contribution is 6.34. The molecule has 1 aromatic rings. The van der Waals surface area contributed by atoms with Crippen LogP contribution in [0.3, 0.4) is 0 Å². The van der Waals surface area contributed by atoms with Gasteiger partial charge in [0.25, 0.3) is 0 Å². The van der Waals surface area contributed by atoms with Gasteiger partial charge in [0.1, 0.15) is 6.04 Å². The summed E-state index contributed by atoms with van der Waals surface area (Å²) in [6.45, 7) is 1.79. The number of benzene rings is 1. The van der Waals surface area contributed by atoms with Gasteiger partial charge >= 0.3 is 0 Å². The van der Waals surface area contributed by atoms with E-state index in [-0.39, 0.29) is 12.5 Å². The molecule has 0 aromatic heterocycles. The average molecular weight is 296 g/mol. The summed E-state index contributed by atoms with van der Waals surface area (Å²) in [5.41, 5.74) is 2.48. The van der Waals surface area contributed by atoms with Gasteiger partial charge in [0.05, 0.1) is 28.7 Å². The van der Waals surface area contributed by atoms with Crippen molar-refractivity contribution >= 4 is 34.6 Å². The molecule has 2 aliphatic heterocycles. The van der Waals surface area contributed by atoms with E-state index in [4.69, 9.17) is 11.6 Å². The average Bonchev–Trinajstić information content (AvgIpc) is 2.47. The molecular weight excluding hydrogens is 278 g/mol. The molecule has 20 heavy (non-hydrogen) atoms. The molecule has 2 aliphatic rings. The van der Waals surface area contributed by atoms with Crippen LogP contribution in [0.4, 0.5) is 17.1 Å². The summed E-state index contributed by atoms with van der Waals surface area (Å²) in [4.78, 5) is 14.0. The Morgan fingerprint density at radius 1 is 1.25 bits per heavy atom. The Bertz CT molecular complexity index is 529. The van der Waals surface area contributed by atoms with Crippen LogP contribution in [0.5, 0.6) is 0 Å². The Morgan fingerprint density at radius 3 is 2.70 bits per heavy atom. The molecule has 1 aromatic carbocycles. The van der Waals surface area contributed by atoms with E-state index in [1.54, 1.807) is 6.07 Å². The maximum atomic E-state index is 11.7. The second kappa shape index (κ2) is 5.50. The second-order valence-electron chi connectivity index (χ2n) is 5.27. The highest BCUT2D eigenvalue weighted by Crippen LogP contribution is 2.38. The molecule has 1 saturated heterocycles. The Kier molecular flexibility index (Phi) is 3.72. The van der Waals surface area contributed by atoms with Crippen molar-refractivity contribution in [2.75, 3.05) is 35.2 Å². The number of carbonyl (C=O) groups is 1. The van der Waals surface area contributed by atoms with Crippen LogP contribution in [-0.4, -0.2) is 36.8 Å². The van der Waals surface area contributed by atoms with Crippen LogP contribution >= 0.6 is 11.6 Å². The zero-order chi connectivity index (χ0) is 14.1. The molecular formula is C14H18ClN3O2. The van der Waals surface area contributed by atoms with E-state index in [0.717, 1.165) is 24.5 Å². The highest BCUT2D eigenvalue weighted by atomic mass is 35.5. The summed E-state index contributed by atoms with van der Waals surface area (Å²) in [7, 11) is 0. The molecule has 108 valence electrons. The van der Waals surface area contributed by atoms with Gasteiger partial charge in [-0.1, -0.05) is 11.6 Å². The van der Waals surface area contributed by atoms with E-state index in [1.165, 1.54) is 19.3 Å². The van der Waals surface area contributed by atoms with Gasteiger partial charge in [-0.2, -0.15) is 0 Å². The van der Waals surface area contributed by atoms with Crippen molar-refractivity contribution in [2.24, 2.45) is 0 Å². The fourth-order valence-corrected chi connectivity index (χ4v) is 3.05. The van der Waals surface area contributed by atoms with Crippen LogP contribution in [-0.2, 0) is 4.79 Å². The number of carbonyl (C=O) groups excluding carboxylic acids is 1. The summed E-state index contributed by atoms with van der Waals surface area (Å²) in [6.07, 6.45) is 3.62. The largest absolute Gasteiger partial charge is 0.394 e. The lowest BCUT2D eigenvalue weighted by atomic mass is 10.1. The minimum Gasteiger partial charge on any atom is -0.394 e. The summed E-state index contributed by atoms with van der Waals surface area (Å²) in [6, 6.07) is 3.14. The second-order valence-corrected chi connectivity index (χ2v) is 5.67. The Labute approximate surface area is 122 Å². The zero-order valence-electron chi connectivity index (χ0n) is 11.2. The van der Waals surface area contributed by atoms with Crippen molar-refractivity contribution < 1.29 is 9.90 Å². The first-order chi connectivity index (χ1) is 9.69. The fourth-order valence-electron chi connectivity index (χ4n) is 2.76. The summed E-state index contributed by atoms with van der Waals surface area (Å²) in [5.74, 6) is -0.234. The molecule has 0 bridgehead atoms. The maximum absolute atomic E-state index is 11.7. The van der Waals surface area contributed by atoms with Crippen molar-refractivity contribution in [1.82, 2.24) is 0 Å². The lowest BCUT2D eigenvalue weighted by molar-refractivity contribution is -0.117. The van der Waals surface area contributed by atoms with Crippen LogP contribution in [0.1, 0.15) is 19.3 Å². The molecule has 5 nitrogen and oxygen atoms in total. The Hall–Kier alpha value is -1.46. The number of aliphatic hydroxyl groups excluding tert-OH is 1. The Morgan fingerprint density at radius 2 is 2.00 bits per heavy atom. The standard InChI is InChI=1S/C14H18ClN3O2/c15-9-6-10-11(16-12(8-19)14(20)17-10)7-13(9)18-4-2-1-3-5-18/h6-7,12,16,19H,1-5,8H2,(H,17,20)/t12-/m0/s1. The van der Waals surface area contributed by atoms with Crippen LogP contribution in [0.25, 0.3) is 0 Å². The van der Waals surface area contributed by atoms with Gasteiger partial charge in [0.15, 0.2) is 0 Å². The predicted molar refractivity (Wildman–Crippen MR) is 80.6 cm³/mol. The van der Waals surface area contributed by atoms with Gasteiger partial charge in [0, 0.05) is 13.1 Å². The number of rotatable bonds is 2. The third kappa shape index (κ3) is 2.43.